The van der Waals surface area contributed by atoms with Gasteiger partial charge in [-0.25, -0.2) is 0 Å². The van der Waals surface area contributed by atoms with E-state index >= 15 is 0 Å². The molecule has 0 saturated heterocycles. The van der Waals surface area contributed by atoms with Crippen LogP contribution in [0, 0.1) is 0 Å². The molecule has 0 aliphatic heterocycles. The van der Waals surface area contributed by atoms with Gasteiger partial charge in [0.2, 0.25) is 0 Å². The number of halogens is 1. The zero-order valence-electron chi connectivity index (χ0n) is 6.05. The van der Waals surface area contributed by atoms with Crippen LogP contribution in [0.4, 0.5) is 0 Å². The Hall–Kier alpha value is -0.0500. The lowest BCUT2D eigenvalue weighted by Gasteiger charge is -2.03. The quantitative estimate of drug-likeness (QED) is 0.485. The van der Waals surface area contributed by atoms with Gasteiger partial charge in [-0.2, -0.15) is 0 Å². The number of rotatable bonds is 4. The van der Waals surface area contributed by atoms with Gasteiger partial charge in [-0.3, -0.25) is 0 Å². The normalized spacial score (nSPS) is 15.4. The Morgan fingerprint density at radius 2 is 2.30 bits per heavy atom. The van der Waals surface area contributed by atoms with Crippen molar-refractivity contribution < 1.29 is 10.2 Å². The summed E-state index contributed by atoms with van der Waals surface area (Å²) < 4.78 is 0. The summed E-state index contributed by atoms with van der Waals surface area (Å²) in [6.07, 6.45) is 3.00. The molecular weight excluding hydrogens is 152 g/mol. The van der Waals surface area contributed by atoms with E-state index in [1.165, 1.54) is 0 Å². The molecule has 0 saturated carbocycles. The number of aliphatic hydroxyl groups is 2. The number of hydrogen-bond acceptors (Lipinski definition) is 2. The molecule has 1 atom stereocenters. The Bertz CT molecular complexity index is 110. The molecule has 0 aromatic carbocycles. The van der Waals surface area contributed by atoms with Gasteiger partial charge in [0.1, 0.15) is 5.56 Å². The van der Waals surface area contributed by atoms with Crippen molar-refractivity contribution in [3.8, 4) is 0 Å². The summed E-state index contributed by atoms with van der Waals surface area (Å²) in [4.78, 5) is 0. The maximum Gasteiger partial charge on any atom is 0.128 e. The van der Waals surface area contributed by atoms with Gasteiger partial charge in [0.25, 0.3) is 0 Å². The predicted molar refractivity (Wildman–Crippen MR) is 41.9 cm³/mol. The SMILES string of the molecule is CC=C(CO)CCC(O)Cl. The van der Waals surface area contributed by atoms with Crippen molar-refractivity contribution >= 4 is 11.6 Å². The largest absolute Gasteiger partial charge is 0.392 e. The smallest absolute Gasteiger partial charge is 0.128 e. The molecule has 0 aliphatic rings. The zero-order chi connectivity index (χ0) is 7.98. The molecule has 0 heterocycles. The zero-order valence-corrected chi connectivity index (χ0v) is 6.80. The highest BCUT2D eigenvalue weighted by molar-refractivity contribution is 6.19. The molecule has 2 nitrogen and oxygen atoms in total. The molecule has 0 spiro atoms. The molecule has 0 bridgehead atoms. The van der Waals surface area contributed by atoms with Crippen molar-refractivity contribution in [1.29, 1.82) is 0 Å². The minimum atomic E-state index is -0.790. The fourth-order valence-electron chi connectivity index (χ4n) is 0.619. The van der Waals surface area contributed by atoms with E-state index in [1.807, 2.05) is 13.0 Å². The third-order valence-electron chi connectivity index (χ3n) is 1.31. The molecular formula is C7H13ClO2. The van der Waals surface area contributed by atoms with Gasteiger partial charge in [-0.15, -0.1) is 0 Å². The van der Waals surface area contributed by atoms with E-state index in [0.29, 0.717) is 12.8 Å². The van der Waals surface area contributed by atoms with Crippen molar-refractivity contribution in [2.75, 3.05) is 6.61 Å². The Kier molecular flexibility index (Phi) is 5.69. The van der Waals surface area contributed by atoms with Gasteiger partial charge in [-0.05, 0) is 25.3 Å². The Labute approximate surface area is 66.1 Å². The molecule has 10 heavy (non-hydrogen) atoms. The summed E-state index contributed by atoms with van der Waals surface area (Å²) in [6, 6.07) is 0. The second-order valence-electron chi connectivity index (χ2n) is 2.08. The second-order valence-corrected chi connectivity index (χ2v) is 2.58. The fraction of sp³-hybridized carbons (Fsp3) is 0.714. The molecule has 3 heteroatoms. The third kappa shape index (κ3) is 4.79. The van der Waals surface area contributed by atoms with Gasteiger partial charge in [0, 0.05) is 0 Å². The molecule has 0 aromatic rings. The van der Waals surface area contributed by atoms with Crippen LogP contribution in [0.25, 0.3) is 0 Å². The third-order valence-corrected chi connectivity index (χ3v) is 1.53. The molecule has 2 N–H and O–H groups in total. The van der Waals surface area contributed by atoms with Crippen LogP contribution < -0.4 is 0 Å². The maximum atomic E-state index is 8.65. The summed E-state index contributed by atoms with van der Waals surface area (Å²) >= 11 is 5.28. The van der Waals surface area contributed by atoms with E-state index in [1.54, 1.807) is 0 Å². The minimum Gasteiger partial charge on any atom is -0.392 e. The summed E-state index contributed by atoms with van der Waals surface area (Å²) in [6.45, 7) is 1.91. The Morgan fingerprint density at radius 1 is 1.70 bits per heavy atom. The van der Waals surface area contributed by atoms with Crippen molar-refractivity contribution in [2.24, 2.45) is 0 Å². The summed E-state index contributed by atoms with van der Waals surface area (Å²) in [7, 11) is 0. The lowest BCUT2D eigenvalue weighted by atomic mass is 10.1. The van der Waals surface area contributed by atoms with Crippen LogP contribution in [0.2, 0.25) is 0 Å². The standard InChI is InChI=1S/C7H13ClO2/c1-2-6(5-9)3-4-7(8)10/h2,7,9-10H,3-5H2,1H3. The molecule has 60 valence electrons. The van der Waals surface area contributed by atoms with Crippen LogP contribution in [0.5, 0.6) is 0 Å². The van der Waals surface area contributed by atoms with Gasteiger partial charge in [0.15, 0.2) is 0 Å². The van der Waals surface area contributed by atoms with E-state index in [0.717, 1.165) is 5.57 Å². The highest BCUT2D eigenvalue weighted by Gasteiger charge is 1.99. The van der Waals surface area contributed by atoms with Gasteiger partial charge >= 0.3 is 0 Å². The first-order valence-electron chi connectivity index (χ1n) is 3.27. The Balaban J connectivity index is 3.46. The number of alkyl halides is 1. The predicted octanol–water partition coefficient (Wildman–Crippen LogP) is 1.26. The molecule has 0 amide bonds. The van der Waals surface area contributed by atoms with Gasteiger partial charge in [-0.1, -0.05) is 17.7 Å². The second kappa shape index (κ2) is 5.71. The van der Waals surface area contributed by atoms with Crippen LogP contribution in [0.15, 0.2) is 11.6 Å². The monoisotopic (exact) mass is 164 g/mol. The Morgan fingerprint density at radius 3 is 2.60 bits per heavy atom. The molecule has 0 fully saturated rings. The van der Waals surface area contributed by atoms with Crippen LogP contribution in [-0.2, 0) is 0 Å². The summed E-state index contributed by atoms with van der Waals surface area (Å²) in [5.74, 6) is 0. The average Bonchev–Trinajstić information content (AvgIpc) is 1.90. The van der Waals surface area contributed by atoms with E-state index in [-0.39, 0.29) is 6.61 Å². The van der Waals surface area contributed by atoms with Crippen LogP contribution >= 0.6 is 11.6 Å². The summed E-state index contributed by atoms with van der Waals surface area (Å²) in [5, 5.41) is 17.3. The number of aliphatic hydroxyl groups excluding tert-OH is 2. The molecule has 0 aliphatic carbocycles. The fourth-order valence-corrected chi connectivity index (χ4v) is 0.728. The van der Waals surface area contributed by atoms with Crippen LogP contribution in [0.3, 0.4) is 0 Å². The first-order chi connectivity index (χ1) is 4.70. The molecule has 0 rings (SSSR count). The topological polar surface area (TPSA) is 40.5 Å². The van der Waals surface area contributed by atoms with Crippen LogP contribution in [-0.4, -0.2) is 22.4 Å². The van der Waals surface area contributed by atoms with Crippen molar-refractivity contribution in [1.82, 2.24) is 0 Å². The van der Waals surface area contributed by atoms with Gasteiger partial charge < -0.3 is 10.2 Å². The minimum absolute atomic E-state index is 0.0557. The average molecular weight is 165 g/mol. The van der Waals surface area contributed by atoms with E-state index < -0.39 is 5.56 Å². The van der Waals surface area contributed by atoms with E-state index in [2.05, 4.69) is 0 Å². The molecule has 0 radical (unpaired) electrons. The van der Waals surface area contributed by atoms with Crippen molar-refractivity contribution in [3.05, 3.63) is 11.6 Å². The molecule has 1 unspecified atom stereocenters. The highest BCUT2D eigenvalue weighted by Crippen LogP contribution is 2.08. The van der Waals surface area contributed by atoms with E-state index in [4.69, 9.17) is 21.8 Å². The number of hydrogen-bond donors (Lipinski definition) is 2. The molecule has 0 aromatic heterocycles. The lowest BCUT2D eigenvalue weighted by Crippen LogP contribution is -1.98. The number of allylic oxidation sites excluding steroid dienone is 1. The first kappa shape index (κ1) is 9.95. The van der Waals surface area contributed by atoms with Crippen LogP contribution in [0.1, 0.15) is 19.8 Å². The van der Waals surface area contributed by atoms with Crippen molar-refractivity contribution in [3.63, 3.8) is 0 Å². The van der Waals surface area contributed by atoms with E-state index in [9.17, 15) is 0 Å². The highest BCUT2D eigenvalue weighted by atomic mass is 35.5. The lowest BCUT2D eigenvalue weighted by molar-refractivity contribution is 0.242. The first-order valence-corrected chi connectivity index (χ1v) is 3.71. The van der Waals surface area contributed by atoms with Gasteiger partial charge in [0.05, 0.1) is 6.61 Å². The maximum absolute atomic E-state index is 8.65. The summed E-state index contributed by atoms with van der Waals surface area (Å²) in [5.41, 5.74) is 0.126. The van der Waals surface area contributed by atoms with Crippen molar-refractivity contribution in [2.45, 2.75) is 25.3 Å².